The Kier molecular flexibility index (Phi) is 3.37. The van der Waals surface area contributed by atoms with Crippen LogP contribution >= 0.6 is 13.5 Å². The molecule has 0 aliphatic carbocycles. The molecular weight excluding hydrogens is 188 g/mol. The minimum atomic E-state index is 0. The Bertz CT molecular complexity index is 452. The highest BCUT2D eigenvalue weighted by Crippen LogP contribution is 2.23. The van der Waals surface area contributed by atoms with Crippen LogP contribution < -0.4 is 0 Å². The van der Waals surface area contributed by atoms with E-state index in [1.54, 1.807) is 0 Å². The molecule has 0 atom stereocenters. The second-order valence-electron chi connectivity index (χ2n) is 3.31. The maximum absolute atomic E-state index is 3.98. The minimum Gasteiger partial charge on any atom is -0.197 e. The number of benzene rings is 2. The van der Waals surface area contributed by atoms with Crippen molar-refractivity contribution in [3.05, 3.63) is 54.6 Å². The molecule has 0 fully saturated rings. The van der Waals surface area contributed by atoms with Crippen LogP contribution in [0.4, 0.5) is 0 Å². The smallest absolute Gasteiger partial charge is 0.0109 e. The topological polar surface area (TPSA) is 0 Å². The van der Waals surface area contributed by atoms with E-state index in [2.05, 4.69) is 49.0 Å². The van der Waals surface area contributed by atoms with Crippen LogP contribution in [-0.4, -0.2) is 0 Å². The highest BCUT2D eigenvalue weighted by molar-refractivity contribution is 7.59. The molecule has 0 aliphatic heterocycles. The second kappa shape index (κ2) is 4.34. The first-order valence-electron chi connectivity index (χ1n) is 4.42. The first kappa shape index (κ1) is 10.9. The fourth-order valence-corrected chi connectivity index (χ4v) is 1.60. The second-order valence-corrected chi connectivity index (χ2v) is 3.31. The summed E-state index contributed by atoms with van der Waals surface area (Å²) >= 11 is 0. The van der Waals surface area contributed by atoms with Crippen molar-refractivity contribution in [3.8, 4) is 0 Å². The minimum absolute atomic E-state index is 0. The normalized spacial score (nSPS) is 9.50. The van der Waals surface area contributed by atoms with Crippen molar-refractivity contribution in [1.82, 2.24) is 0 Å². The molecule has 0 saturated carbocycles. The van der Waals surface area contributed by atoms with E-state index < -0.39 is 0 Å². The third-order valence-corrected chi connectivity index (χ3v) is 2.25. The number of hydrogen-bond donors (Lipinski definition) is 0. The van der Waals surface area contributed by atoms with E-state index in [0.29, 0.717) is 0 Å². The summed E-state index contributed by atoms with van der Waals surface area (Å²) in [5.74, 6) is 0. The van der Waals surface area contributed by atoms with Gasteiger partial charge in [-0.25, -0.2) is 0 Å². The largest absolute Gasteiger partial charge is 0.197 e. The summed E-state index contributed by atoms with van der Waals surface area (Å²) in [7, 11) is 0. The third kappa shape index (κ3) is 1.83. The summed E-state index contributed by atoms with van der Waals surface area (Å²) in [6.07, 6.45) is 0. The molecule has 0 saturated heterocycles. The molecule has 0 spiro atoms. The molecule has 2 aromatic carbocycles. The molecule has 0 radical (unpaired) electrons. The van der Waals surface area contributed by atoms with E-state index >= 15 is 0 Å². The quantitative estimate of drug-likeness (QED) is 0.656. The summed E-state index contributed by atoms with van der Waals surface area (Å²) in [5.41, 5.74) is 2.37. The number of allylic oxidation sites excluding steroid dienone is 1. The Balaban J connectivity index is 0.000000980. The molecule has 72 valence electrons. The van der Waals surface area contributed by atoms with Crippen LogP contribution in [0.25, 0.3) is 16.3 Å². The molecule has 14 heavy (non-hydrogen) atoms. The van der Waals surface area contributed by atoms with Gasteiger partial charge in [0.05, 0.1) is 0 Å². The Labute approximate surface area is 91.7 Å². The number of hydrogen-bond acceptors (Lipinski definition) is 0. The van der Waals surface area contributed by atoms with Gasteiger partial charge in [0, 0.05) is 0 Å². The zero-order valence-electron chi connectivity index (χ0n) is 8.25. The molecule has 2 rings (SSSR count). The number of fused-ring (bicyclic) bond motifs is 1. The van der Waals surface area contributed by atoms with E-state index in [1.807, 2.05) is 6.92 Å². The standard InChI is InChI=1S/C13H12.H2S/c1-10(2)12-9-5-7-11-6-3-4-8-13(11)12;/h3-9H,1H2,2H3;1H2. The molecule has 0 unspecified atom stereocenters. The van der Waals surface area contributed by atoms with Crippen LogP contribution in [0.1, 0.15) is 12.5 Å². The van der Waals surface area contributed by atoms with Crippen molar-refractivity contribution < 1.29 is 0 Å². The van der Waals surface area contributed by atoms with E-state index in [1.165, 1.54) is 16.3 Å². The summed E-state index contributed by atoms with van der Waals surface area (Å²) in [6, 6.07) is 14.7. The molecule has 2 aromatic rings. The van der Waals surface area contributed by atoms with Crippen molar-refractivity contribution in [2.24, 2.45) is 0 Å². The molecule has 0 aromatic heterocycles. The van der Waals surface area contributed by atoms with Gasteiger partial charge in [-0.05, 0) is 23.3 Å². The van der Waals surface area contributed by atoms with Crippen LogP contribution in [-0.2, 0) is 0 Å². The van der Waals surface area contributed by atoms with Gasteiger partial charge in [0.15, 0.2) is 0 Å². The van der Waals surface area contributed by atoms with Gasteiger partial charge in [0.1, 0.15) is 0 Å². The molecular formula is C13H14S. The van der Waals surface area contributed by atoms with E-state index in [0.717, 1.165) is 5.57 Å². The highest BCUT2D eigenvalue weighted by Gasteiger charge is 1.98. The first-order valence-corrected chi connectivity index (χ1v) is 4.42. The summed E-state index contributed by atoms with van der Waals surface area (Å²) in [6.45, 7) is 6.02. The summed E-state index contributed by atoms with van der Waals surface area (Å²) < 4.78 is 0. The van der Waals surface area contributed by atoms with Gasteiger partial charge in [-0.3, -0.25) is 0 Å². The van der Waals surface area contributed by atoms with Gasteiger partial charge in [0.2, 0.25) is 0 Å². The SMILES string of the molecule is C=C(C)c1cccc2ccccc12.S. The number of rotatable bonds is 1. The Morgan fingerprint density at radius 1 is 1.00 bits per heavy atom. The lowest BCUT2D eigenvalue weighted by molar-refractivity contribution is 1.63. The average molecular weight is 202 g/mol. The highest BCUT2D eigenvalue weighted by atomic mass is 32.1. The average Bonchev–Trinajstić information content (AvgIpc) is 2.17. The van der Waals surface area contributed by atoms with Crippen LogP contribution in [0.2, 0.25) is 0 Å². The third-order valence-electron chi connectivity index (χ3n) is 2.25. The molecule has 0 heterocycles. The van der Waals surface area contributed by atoms with Crippen molar-refractivity contribution in [2.45, 2.75) is 6.92 Å². The van der Waals surface area contributed by atoms with Gasteiger partial charge in [-0.1, -0.05) is 54.6 Å². The van der Waals surface area contributed by atoms with Gasteiger partial charge >= 0.3 is 0 Å². The predicted octanol–water partition coefficient (Wildman–Crippen LogP) is 3.99. The van der Waals surface area contributed by atoms with Crippen molar-refractivity contribution >= 4 is 29.8 Å². The maximum Gasteiger partial charge on any atom is -0.0109 e. The van der Waals surface area contributed by atoms with Gasteiger partial charge in [0.25, 0.3) is 0 Å². The first-order chi connectivity index (χ1) is 6.29. The predicted molar refractivity (Wildman–Crippen MR) is 69.0 cm³/mol. The fraction of sp³-hybridized carbons (Fsp3) is 0.0769. The Morgan fingerprint density at radius 2 is 1.64 bits per heavy atom. The lowest BCUT2D eigenvalue weighted by atomic mass is 10.0. The van der Waals surface area contributed by atoms with Gasteiger partial charge < -0.3 is 0 Å². The zero-order chi connectivity index (χ0) is 9.26. The van der Waals surface area contributed by atoms with E-state index in [-0.39, 0.29) is 13.5 Å². The molecule has 0 nitrogen and oxygen atoms in total. The Hall–Kier alpha value is -1.21. The summed E-state index contributed by atoms with van der Waals surface area (Å²) in [5, 5.41) is 2.57. The van der Waals surface area contributed by atoms with Crippen molar-refractivity contribution in [2.75, 3.05) is 0 Å². The van der Waals surface area contributed by atoms with Gasteiger partial charge in [-0.15, -0.1) is 0 Å². The van der Waals surface area contributed by atoms with Gasteiger partial charge in [-0.2, -0.15) is 13.5 Å². The molecule has 0 bridgehead atoms. The fourth-order valence-electron chi connectivity index (χ4n) is 1.60. The van der Waals surface area contributed by atoms with Crippen LogP contribution in [0, 0.1) is 0 Å². The zero-order valence-corrected chi connectivity index (χ0v) is 9.25. The van der Waals surface area contributed by atoms with E-state index in [4.69, 9.17) is 0 Å². The van der Waals surface area contributed by atoms with Crippen molar-refractivity contribution in [3.63, 3.8) is 0 Å². The lowest BCUT2D eigenvalue weighted by Crippen LogP contribution is -1.80. The van der Waals surface area contributed by atoms with Crippen LogP contribution in [0.5, 0.6) is 0 Å². The van der Waals surface area contributed by atoms with Crippen molar-refractivity contribution in [1.29, 1.82) is 0 Å². The molecule has 0 aliphatic rings. The Morgan fingerprint density at radius 3 is 2.36 bits per heavy atom. The lowest BCUT2D eigenvalue weighted by Gasteiger charge is -2.04. The van der Waals surface area contributed by atoms with E-state index in [9.17, 15) is 0 Å². The summed E-state index contributed by atoms with van der Waals surface area (Å²) in [4.78, 5) is 0. The van der Waals surface area contributed by atoms with Crippen LogP contribution in [0.15, 0.2) is 49.0 Å². The molecule has 0 N–H and O–H groups in total. The van der Waals surface area contributed by atoms with Crippen LogP contribution in [0.3, 0.4) is 0 Å². The monoisotopic (exact) mass is 202 g/mol. The maximum atomic E-state index is 3.98. The molecule has 1 heteroatoms. The molecule has 0 amide bonds.